The number of nitrogens with zero attached hydrogens (tertiary/aromatic N) is 2. The molecule has 0 spiro atoms. The Hall–Kier alpha value is -0.730. The standard InChI is InChI=1S/C17H37N3/c1-5-9-13-18-17(19-14-10-6-2)20(15-11-7-3)16-12-8-4/h5-16H2,1-4H3,(H,18,19). The molecular formula is C17H37N3. The number of hydrogen-bond donors (Lipinski definition) is 1. The van der Waals surface area contributed by atoms with E-state index in [9.17, 15) is 0 Å². The summed E-state index contributed by atoms with van der Waals surface area (Å²) in [6.07, 6.45) is 9.88. The summed E-state index contributed by atoms with van der Waals surface area (Å²) in [6, 6.07) is 0. The highest BCUT2D eigenvalue weighted by Gasteiger charge is 2.09. The highest BCUT2D eigenvalue weighted by molar-refractivity contribution is 5.80. The van der Waals surface area contributed by atoms with Gasteiger partial charge in [0.1, 0.15) is 0 Å². The van der Waals surface area contributed by atoms with Gasteiger partial charge < -0.3 is 10.2 Å². The topological polar surface area (TPSA) is 27.6 Å². The lowest BCUT2D eigenvalue weighted by atomic mass is 10.2. The van der Waals surface area contributed by atoms with Gasteiger partial charge in [-0.15, -0.1) is 0 Å². The van der Waals surface area contributed by atoms with E-state index >= 15 is 0 Å². The largest absolute Gasteiger partial charge is 0.356 e. The summed E-state index contributed by atoms with van der Waals surface area (Å²) < 4.78 is 0. The molecule has 0 saturated heterocycles. The minimum absolute atomic E-state index is 0.958. The normalized spacial score (nSPS) is 11.7. The van der Waals surface area contributed by atoms with E-state index in [2.05, 4.69) is 37.9 Å². The quantitative estimate of drug-likeness (QED) is 0.326. The van der Waals surface area contributed by atoms with Crippen molar-refractivity contribution in [3.63, 3.8) is 0 Å². The summed E-state index contributed by atoms with van der Waals surface area (Å²) in [5.74, 6) is 1.15. The number of nitrogens with one attached hydrogen (secondary N) is 1. The van der Waals surface area contributed by atoms with Crippen LogP contribution in [-0.2, 0) is 0 Å². The summed E-state index contributed by atoms with van der Waals surface area (Å²) in [6.45, 7) is 13.3. The van der Waals surface area contributed by atoms with E-state index in [1.165, 1.54) is 51.4 Å². The van der Waals surface area contributed by atoms with Gasteiger partial charge in [0, 0.05) is 26.2 Å². The summed E-state index contributed by atoms with van der Waals surface area (Å²) in [5.41, 5.74) is 0. The lowest BCUT2D eigenvalue weighted by Gasteiger charge is -2.27. The minimum Gasteiger partial charge on any atom is -0.356 e. The Bertz CT molecular complexity index is 218. The second-order valence-electron chi connectivity index (χ2n) is 5.53. The van der Waals surface area contributed by atoms with E-state index in [0.29, 0.717) is 0 Å². The zero-order valence-corrected chi connectivity index (χ0v) is 14.4. The van der Waals surface area contributed by atoms with Crippen molar-refractivity contribution in [3.8, 4) is 0 Å². The fourth-order valence-corrected chi connectivity index (χ4v) is 2.01. The summed E-state index contributed by atoms with van der Waals surface area (Å²) in [5, 5.41) is 3.57. The molecule has 3 nitrogen and oxygen atoms in total. The van der Waals surface area contributed by atoms with Crippen molar-refractivity contribution in [2.24, 2.45) is 4.99 Å². The van der Waals surface area contributed by atoms with Crippen LogP contribution in [0.15, 0.2) is 4.99 Å². The average molecular weight is 284 g/mol. The molecule has 0 aliphatic carbocycles. The lowest BCUT2D eigenvalue weighted by molar-refractivity contribution is 0.382. The van der Waals surface area contributed by atoms with Crippen molar-refractivity contribution in [1.29, 1.82) is 0 Å². The molecule has 0 aromatic heterocycles. The van der Waals surface area contributed by atoms with Crippen LogP contribution < -0.4 is 5.32 Å². The maximum absolute atomic E-state index is 4.82. The van der Waals surface area contributed by atoms with Crippen LogP contribution in [0, 0.1) is 0 Å². The van der Waals surface area contributed by atoms with Gasteiger partial charge in [0.25, 0.3) is 0 Å². The van der Waals surface area contributed by atoms with Crippen LogP contribution in [0.25, 0.3) is 0 Å². The first-order valence-electron chi connectivity index (χ1n) is 8.83. The SMILES string of the molecule is CCCCN=C(NCCCC)N(CCCC)CCCC. The predicted molar refractivity (Wildman–Crippen MR) is 91.5 cm³/mol. The van der Waals surface area contributed by atoms with E-state index in [0.717, 1.165) is 32.1 Å². The Morgan fingerprint density at radius 1 is 0.800 bits per heavy atom. The molecule has 1 N–H and O–H groups in total. The van der Waals surface area contributed by atoms with Crippen molar-refractivity contribution in [2.75, 3.05) is 26.2 Å². The molecule has 0 rings (SSSR count). The number of unbranched alkanes of at least 4 members (excludes halogenated alkanes) is 4. The van der Waals surface area contributed by atoms with Gasteiger partial charge in [0.15, 0.2) is 5.96 Å². The predicted octanol–water partition coefficient (Wildman–Crippen LogP) is 4.43. The first-order valence-corrected chi connectivity index (χ1v) is 8.83. The Labute approximate surface area is 127 Å². The van der Waals surface area contributed by atoms with Crippen molar-refractivity contribution in [2.45, 2.75) is 79.1 Å². The molecule has 0 aromatic rings. The van der Waals surface area contributed by atoms with Crippen LogP contribution in [-0.4, -0.2) is 37.0 Å². The molecule has 0 heterocycles. The molecule has 0 saturated carbocycles. The number of rotatable bonds is 12. The number of hydrogen-bond acceptors (Lipinski definition) is 1. The molecule has 0 aliphatic rings. The van der Waals surface area contributed by atoms with Crippen LogP contribution in [0.1, 0.15) is 79.1 Å². The van der Waals surface area contributed by atoms with Crippen LogP contribution in [0.2, 0.25) is 0 Å². The fraction of sp³-hybridized carbons (Fsp3) is 0.941. The van der Waals surface area contributed by atoms with Gasteiger partial charge in [0.2, 0.25) is 0 Å². The zero-order valence-electron chi connectivity index (χ0n) is 14.4. The van der Waals surface area contributed by atoms with Gasteiger partial charge in [-0.05, 0) is 25.7 Å². The van der Waals surface area contributed by atoms with Gasteiger partial charge >= 0.3 is 0 Å². The summed E-state index contributed by atoms with van der Waals surface area (Å²) in [4.78, 5) is 7.29. The maximum Gasteiger partial charge on any atom is 0.193 e. The highest BCUT2D eigenvalue weighted by atomic mass is 15.3. The maximum atomic E-state index is 4.82. The Morgan fingerprint density at radius 3 is 1.85 bits per heavy atom. The molecule has 0 amide bonds. The Kier molecular flexibility index (Phi) is 14.1. The summed E-state index contributed by atoms with van der Waals surface area (Å²) >= 11 is 0. The first kappa shape index (κ1) is 19.3. The molecule has 0 aromatic carbocycles. The number of aliphatic imine (C=N–C) groups is 1. The third-order valence-corrected chi connectivity index (χ3v) is 3.45. The van der Waals surface area contributed by atoms with Crippen molar-refractivity contribution in [3.05, 3.63) is 0 Å². The summed E-state index contributed by atoms with van der Waals surface area (Å²) in [7, 11) is 0. The Morgan fingerprint density at radius 2 is 1.35 bits per heavy atom. The van der Waals surface area contributed by atoms with E-state index in [1.54, 1.807) is 0 Å². The highest BCUT2D eigenvalue weighted by Crippen LogP contribution is 2.01. The molecular weight excluding hydrogens is 246 g/mol. The molecule has 0 unspecified atom stereocenters. The first-order chi connectivity index (χ1) is 9.79. The Balaban J connectivity index is 4.53. The second kappa shape index (κ2) is 14.7. The van der Waals surface area contributed by atoms with Crippen LogP contribution in [0.5, 0.6) is 0 Å². The van der Waals surface area contributed by atoms with Gasteiger partial charge in [-0.25, -0.2) is 0 Å². The third kappa shape index (κ3) is 10.1. The van der Waals surface area contributed by atoms with Gasteiger partial charge in [-0.3, -0.25) is 4.99 Å². The minimum atomic E-state index is 0.958. The molecule has 0 bridgehead atoms. The van der Waals surface area contributed by atoms with Crippen molar-refractivity contribution >= 4 is 5.96 Å². The molecule has 0 aliphatic heterocycles. The molecule has 3 heteroatoms. The van der Waals surface area contributed by atoms with E-state index in [4.69, 9.17) is 4.99 Å². The van der Waals surface area contributed by atoms with E-state index < -0.39 is 0 Å². The smallest absolute Gasteiger partial charge is 0.193 e. The number of guanidine groups is 1. The van der Waals surface area contributed by atoms with Crippen LogP contribution >= 0.6 is 0 Å². The second-order valence-corrected chi connectivity index (χ2v) is 5.53. The van der Waals surface area contributed by atoms with Crippen LogP contribution in [0.3, 0.4) is 0 Å². The lowest BCUT2D eigenvalue weighted by Crippen LogP contribution is -2.43. The molecule has 0 radical (unpaired) electrons. The van der Waals surface area contributed by atoms with Gasteiger partial charge in [0.05, 0.1) is 0 Å². The van der Waals surface area contributed by atoms with Gasteiger partial charge in [-0.2, -0.15) is 0 Å². The monoisotopic (exact) mass is 283 g/mol. The zero-order chi connectivity index (χ0) is 15.1. The average Bonchev–Trinajstić information content (AvgIpc) is 2.46. The van der Waals surface area contributed by atoms with Crippen molar-refractivity contribution in [1.82, 2.24) is 10.2 Å². The molecule has 20 heavy (non-hydrogen) atoms. The molecule has 120 valence electrons. The van der Waals surface area contributed by atoms with E-state index in [-0.39, 0.29) is 0 Å². The van der Waals surface area contributed by atoms with E-state index in [1.807, 2.05) is 0 Å². The third-order valence-electron chi connectivity index (χ3n) is 3.45. The molecule has 0 fully saturated rings. The van der Waals surface area contributed by atoms with Crippen molar-refractivity contribution < 1.29 is 0 Å². The van der Waals surface area contributed by atoms with Crippen LogP contribution in [0.4, 0.5) is 0 Å². The fourth-order valence-electron chi connectivity index (χ4n) is 2.01. The molecule has 0 atom stereocenters. The van der Waals surface area contributed by atoms with Gasteiger partial charge in [-0.1, -0.05) is 53.4 Å².